The van der Waals surface area contributed by atoms with E-state index in [1.807, 2.05) is 35.2 Å². The Morgan fingerprint density at radius 1 is 0.859 bits per heavy atom. The van der Waals surface area contributed by atoms with Crippen molar-refractivity contribution < 1.29 is 45.3 Å². The van der Waals surface area contributed by atoms with Gasteiger partial charge in [0.25, 0.3) is 0 Å². The van der Waals surface area contributed by atoms with Crippen LogP contribution in [0.4, 0.5) is 32.3 Å². The van der Waals surface area contributed by atoms with Gasteiger partial charge in [-0.3, -0.25) is 4.98 Å². The highest BCUT2D eigenvalue weighted by Crippen LogP contribution is 2.53. The van der Waals surface area contributed by atoms with Crippen LogP contribution in [-0.2, 0) is 28.7 Å². The first-order chi connectivity index (χ1) is 30.5. The summed E-state index contributed by atoms with van der Waals surface area (Å²) in [5.74, 6) is -2.84. The van der Waals surface area contributed by atoms with E-state index in [1.54, 1.807) is 37.7 Å². The Morgan fingerprint density at radius 2 is 1.53 bits per heavy atom. The molecule has 64 heavy (non-hydrogen) atoms. The van der Waals surface area contributed by atoms with Crippen molar-refractivity contribution in [2.24, 2.45) is 5.41 Å². The summed E-state index contributed by atoms with van der Waals surface area (Å²) in [7, 11) is 2.91. The molecular formula is C50H52F6N4O4. The highest BCUT2D eigenvalue weighted by Gasteiger charge is 2.44. The van der Waals surface area contributed by atoms with Crippen LogP contribution in [0.5, 0.6) is 5.75 Å². The van der Waals surface area contributed by atoms with Crippen LogP contribution in [0.1, 0.15) is 138 Å². The summed E-state index contributed by atoms with van der Waals surface area (Å²) in [4.78, 5) is 28.9. The van der Waals surface area contributed by atoms with Gasteiger partial charge >= 0.3 is 12.1 Å². The lowest BCUT2D eigenvalue weighted by Crippen LogP contribution is -2.36. The van der Waals surface area contributed by atoms with E-state index in [9.17, 15) is 26.7 Å². The molecule has 0 N–H and O–H groups in total. The number of fused-ring (bicyclic) bond motifs is 1. The van der Waals surface area contributed by atoms with E-state index in [0.717, 1.165) is 34.5 Å². The van der Waals surface area contributed by atoms with Crippen LogP contribution in [0.15, 0.2) is 85.2 Å². The monoisotopic (exact) mass is 886 g/mol. The molecule has 2 fully saturated rings. The number of carbonyl (C=O) groups excluding carboxylic acids is 1. The van der Waals surface area contributed by atoms with E-state index >= 15 is 4.39 Å². The van der Waals surface area contributed by atoms with Gasteiger partial charge in [0.15, 0.2) is 6.17 Å². The first-order valence-corrected chi connectivity index (χ1v) is 21.8. The van der Waals surface area contributed by atoms with Gasteiger partial charge in [-0.25, -0.2) is 27.9 Å². The van der Waals surface area contributed by atoms with Crippen LogP contribution >= 0.6 is 0 Å². The molecule has 3 heterocycles. The third kappa shape index (κ3) is 9.76. The quantitative estimate of drug-likeness (QED) is 0.0957. The van der Waals surface area contributed by atoms with Gasteiger partial charge < -0.3 is 19.1 Å². The number of ether oxygens (including phenoxy) is 3. The summed E-state index contributed by atoms with van der Waals surface area (Å²) < 4.78 is 106. The molecule has 1 saturated carbocycles. The van der Waals surface area contributed by atoms with Crippen molar-refractivity contribution in [3.8, 4) is 16.9 Å². The minimum atomic E-state index is -4.61. The minimum absolute atomic E-state index is 0.0354. The maximum Gasteiger partial charge on any atom is 0.416 e. The predicted octanol–water partition coefficient (Wildman–Crippen LogP) is 12.3. The average Bonchev–Trinajstić information content (AvgIpc) is 3.29. The Morgan fingerprint density at radius 3 is 2.16 bits per heavy atom. The van der Waals surface area contributed by atoms with Gasteiger partial charge in [-0.2, -0.15) is 13.2 Å². The normalized spacial score (nSPS) is 19.5. The van der Waals surface area contributed by atoms with Crippen LogP contribution < -0.4 is 9.64 Å². The molecule has 0 radical (unpaired) electrons. The van der Waals surface area contributed by atoms with Gasteiger partial charge in [0.2, 0.25) is 11.9 Å². The number of pyridine rings is 1. The Hall–Kier alpha value is -5.50. The summed E-state index contributed by atoms with van der Waals surface area (Å²) in [6, 6.07) is 18.6. The van der Waals surface area contributed by atoms with Crippen molar-refractivity contribution in [3.63, 3.8) is 0 Å². The van der Waals surface area contributed by atoms with E-state index in [4.69, 9.17) is 19.2 Å². The number of carbonyl (C=O) groups is 1. The zero-order chi connectivity index (χ0) is 45.4. The van der Waals surface area contributed by atoms with Gasteiger partial charge in [0.05, 0.1) is 43.8 Å². The lowest BCUT2D eigenvalue weighted by atomic mass is 9.68. The molecule has 2 atom stereocenters. The van der Waals surface area contributed by atoms with Crippen LogP contribution in [-0.4, -0.2) is 54.2 Å². The molecule has 8 nitrogen and oxygen atoms in total. The molecule has 0 spiro atoms. The third-order valence-electron chi connectivity index (χ3n) is 13.1. The van der Waals surface area contributed by atoms with E-state index in [2.05, 4.69) is 23.8 Å². The number of piperidine rings is 1. The van der Waals surface area contributed by atoms with E-state index in [0.29, 0.717) is 72.9 Å². The molecule has 1 saturated heterocycles. The Bertz CT molecular complexity index is 2430. The number of methoxy groups -OCH3 is 2. The van der Waals surface area contributed by atoms with Crippen LogP contribution in [0.2, 0.25) is 0 Å². The Kier molecular flexibility index (Phi) is 12.8. The highest BCUT2D eigenvalue weighted by molar-refractivity contribution is 5.90. The van der Waals surface area contributed by atoms with Gasteiger partial charge in [-0.05, 0) is 109 Å². The second-order valence-corrected chi connectivity index (χ2v) is 18.1. The Labute approximate surface area is 369 Å². The molecule has 0 bridgehead atoms. The minimum Gasteiger partial charge on any atom is -0.497 e. The van der Waals surface area contributed by atoms with E-state index < -0.39 is 41.8 Å². The fourth-order valence-electron chi connectivity index (χ4n) is 9.67. The van der Waals surface area contributed by atoms with Crippen LogP contribution in [0.25, 0.3) is 11.1 Å². The van der Waals surface area contributed by atoms with Crippen molar-refractivity contribution in [2.45, 2.75) is 108 Å². The van der Waals surface area contributed by atoms with Crippen molar-refractivity contribution in [1.29, 1.82) is 0 Å². The van der Waals surface area contributed by atoms with Crippen LogP contribution in [0.3, 0.4) is 0 Å². The van der Waals surface area contributed by atoms with Crippen LogP contribution in [0, 0.1) is 5.41 Å². The zero-order valence-electron chi connectivity index (χ0n) is 36.4. The number of hydrogen-bond acceptors (Lipinski definition) is 8. The molecule has 5 aromatic rings. The predicted molar refractivity (Wildman–Crippen MR) is 230 cm³/mol. The molecule has 0 amide bonds. The summed E-state index contributed by atoms with van der Waals surface area (Å²) in [6.07, 6.45) is -1.98. The number of nitrogens with zero attached hydrogens (tertiary/aromatic N) is 4. The standard InChI is InChI=1S/C50H52F6N4O4/c1-48(2)25-39-42(40(26-48)64-29-30-8-14-38(62-3)15-9-30)41(31-16-20-49(52,53)21-17-31)43(44(51)32-10-12-37(13-11-32)50(54,55)56)45(59-39)33-18-22-60(23-19-33)47-57-27-36(28-58-47)34-6-5-7-35(24-34)46(61)63-4/h5-15,24,27-28,31,33,40,44H,16-23,25-26,29H2,1-4H3/t40-,44-/m0/s1. The number of alkyl halides is 6. The maximum atomic E-state index is 17.9. The van der Waals surface area contributed by atoms with E-state index in [1.165, 1.54) is 19.2 Å². The van der Waals surface area contributed by atoms with Crippen molar-refractivity contribution in [1.82, 2.24) is 15.0 Å². The molecule has 8 rings (SSSR count). The lowest BCUT2D eigenvalue weighted by molar-refractivity contribution is -0.137. The summed E-state index contributed by atoms with van der Waals surface area (Å²) in [5, 5.41) is 0. The number of anilines is 1. The maximum absolute atomic E-state index is 17.9. The fraction of sp³-hybridized carbons (Fsp3) is 0.440. The molecule has 1 aliphatic heterocycles. The summed E-state index contributed by atoms with van der Waals surface area (Å²) in [6.45, 7) is 5.50. The third-order valence-corrected chi connectivity index (χ3v) is 13.1. The number of hydrogen-bond donors (Lipinski definition) is 0. The smallest absolute Gasteiger partial charge is 0.416 e. The number of halogens is 6. The molecule has 2 aliphatic carbocycles. The molecule has 0 unspecified atom stereocenters. The first-order valence-electron chi connectivity index (χ1n) is 21.8. The number of esters is 1. The number of rotatable bonds is 11. The highest BCUT2D eigenvalue weighted by atomic mass is 19.4. The van der Waals surface area contributed by atoms with Crippen molar-refractivity contribution in [3.05, 3.63) is 136 Å². The molecule has 14 heteroatoms. The topological polar surface area (TPSA) is 86.7 Å². The van der Waals surface area contributed by atoms with Gasteiger partial charge in [0.1, 0.15) is 5.75 Å². The van der Waals surface area contributed by atoms with Crippen molar-refractivity contribution in [2.75, 3.05) is 32.2 Å². The SMILES string of the molecule is COC(=O)c1cccc(-c2cnc(N3CCC(c4nc5c(c(C6CCC(F)(F)CC6)c4[C@@H](F)c4ccc(C(F)(F)F)cc4)[C@@H](OCc4ccc(OC)cc4)CC(C)(C)C5)CC3)nc2)c1. The van der Waals surface area contributed by atoms with E-state index in [-0.39, 0.29) is 54.7 Å². The van der Waals surface area contributed by atoms with Gasteiger partial charge in [0, 0.05) is 66.6 Å². The molecule has 338 valence electrons. The molecule has 2 aromatic heterocycles. The lowest BCUT2D eigenvalue weighted by Gasteiger charge is -2.42. The second-order valence-electron chi connectivity index (χ2n) is 18.1. The number of benzene rings is 3. The van der Waals surface area contributed by atoms with Gasteiger partial charge in [-0.1, -0.05) is 50.2 Å². The fourth-order valence-corrected chi connectivity index (χ4v) is 9.67. The Balaban J connectivity index is 1.18. The largest absolute Gasteiger partial charge is 0.497 e. The van der Waals surface area contributed by atoms with Gasteiger partial charge in [-0.15, -0.1) is 0 Å². The van der Waals surface area contributed by atoms with Crippen molar-refractivity contribution >= 4 is 11.9 Å². The second kappa shape index (κ2) is 18.2. The average molecular weight is 887 g/mol. The molecule has 3 aromatic carbocycles. The first kappa shape index (κ1) is 45.1. The zero-order valence-corrected chi connectivity index (χ0v) is 36.4. The summed E-state index contributed by atoms with van der Waals surface area (Å²) >= 11 is 0. The summed E-state index contributed by atoms with van der Waals surface area (Å²) in [5.41, 5.74) is 4.49. The molecular weight excluding hydrogens is 835 g/mol. The number of aromatic nitrogens is 3. The molecule has 3 aliphatic rings.